The van der Waals surface area contributed by atoms with Gasteiger partial charge in [0.25, 0.3) is 0 Å². The molecule has 2 atom stereocenters. The van der Waals surface area contributed by atoms with Crippen molar-refractivity contribution < 1.29 is 8.60 Å². The molecule has 0 radical (unpaired) electrons. The minimum atomic E-state index is -1.04. The Kier molecular flexibility index (Phi) is 11.0. The van der Waals surface area contributed by atoms with Crippen LogP contribution in [0.1, 0.15) is 54.1 Å². The van der Waals surface area contributed by atoms with Gasteiger partial charge in [0.15, 0.2) is 0 Å². The molecule has 0 aliphatic carbocycles. The molecule has 3 aromatic carbocycles. The number of alkyl halides is 1. The predicted molar refractivity (Wildman–Crippen MR) is 185 cm³/mol. The van der Waals surface area contributed by atoms with Crippen LogP contribution in [0.5, 0.6) is 0 Å². The number of hydrogen-bond donors (Lipinski definition) is 1. The van der Waals surface area contributed by atoms with Crippen LogP contribution in [-0.2, 0) is 15.2 Å². The molecule has 1 aromatic heterocycles. The van der Waals surface area contributed by atoms with Gasteiger partial charge in [0.1, 0.15) is 5.82 Å². The topological polar surface area (TPSA) is 49.6 Å². The number of nitrogens with two attached hydrogens (primary N) is 1. The lowest BCUT2D eigenvalue weighted by Gasteiger charge is -2.30. The molecule has 2 heterocycles. The zero-order valence-electron chi connectivity index (χ0n) is 23.8. The summed E-state index contributed by atoms with van der Waals surface area (Å²) in [5, 5.41) is 1.83. The highest BCUT2D eigenvalue weighted by Crippen LogP contribution is 2.37. The van der Waals surface area contributed by atoms with Crippen molar-refractivity contribution in [3.63, 3.8) is 0 Å². The summed E-state index contributed by atoms with van der Waals surface area (Å²) in [6.45, 7) is 1.93. The molecule has 0 saturated carbocycles. The lowest BCUT2D eigenvalue weighted by atomic mass is 10.0. The van der Waals surface area contributed by atoms with E-state index in [9.17, 15) is 8.60 Å². The molecule has 220 valence electrons. The first-order valence-electron chi connectivity index (χ1n) is 14.4. The van der Waals surface area contributed by atoms with Crippen LogP contribution in [0.3, 0.4) is 0 Å². The van der Waals surface area contributed by atoms with Gasteiger partial charge in [-0.15, -0.1) is 11.3 Å². The van der Waals surface area contributed by atoms with E-state index in [1.807, 2.05) is 41.4 Å². The van der Waals surface area contributed by atoms with E-state index in [2.05, 4.69) is 70.0 Å². The van der Waals surface area contributed by atoms with Crippen LogP contribution < -0.4 is 10.9 Å². The molecular weight excluding hydrogens is 676 g/mol. The fraction of sp³-hybridized carbons (Fsp3) is 0.294. The van der Waals surface area contributed by atoms with E-state index in [4.69, 9.17) is 5.84 Å². The van der Waals surface area contributed by atoms with E-state index in [0.717, 1.165) is 62.0 Å². The highest BCUT2D eigenvalue weighted by Gasteiger charge is 2.23. The number of nitrogens with zero attached hydrogens (tertiary/aromatic N) is 2. The first-order chi connectivity index (χ1) is 20.4. The van der Waals surface area contributed by atoms with Gasteiger partial charge in [0, 0.05) is 43.8 Å². The third kappa shape index (κ3) is 7.58. The van der Waals surface area contributed by atoms with Crippen molar-refractivity contribution in [3.05, 3.63) is 113 Å². The second-order valence-electron chi connectivity index (χ2n) is 10.6. The number of anilines is 1. The lowest BCUT2D eigenvalue weighted by Crippen LogP contribution is -2.31. The van der Waals surface area contributed by atoms with Crippen LogP contribution >= 0.6 is 33.9 Å². The molecule has 1 fully saturated rings. The molecule has 1 aliphatic rings. The van der Waals surface area contributed by atoms with Crippen LogP contribution in [0.2, 0.25) is 0 Å². The molecule has 2 unspecified atom stereocenters. The van der Waals surface area contributed by atoms with Gasteiger partial charge < -0.3 is 0 Å². The smallest absolute Gasteiger partial charge is 0.123 e. The number of rotatable bonds is 10. The molecule has 1 aliphatic heterocycles. The molecule has 4 nitrogen and oxygen atoms in total. The zero-order valence-corrected chi connectivity index (χ0v) is 27.6. The summed E-state index contributed by atoms with van der Waals surface area (Å²) in [4.78, 5) is 5.58. The van der Waals surface area contributed by atoms with Crippen molar-refractivity contribution in [3.8, 4) is 10.4 Å². The molecule has 4 aromatic rings. The number of thiophene rings is 1. The van der Waals surface area contributed by atoms with Crippen LogP contribution in [0.25, 0.3) is 16.1 Å². The van der Waals surface area contributed by atoms with Gasteiger partial charge in [-0.1, -0.05) is 84.0 Å². The van der Waals surface area contributed by atoms with Crippen LogP contribution in [-0.4, -0.2) is 28.5 Å². The minimum Gasteiger partial charge on any atom is -0.296 e. The Morgan fingerprint density at radius 2 is 1.88 bits per heavy atom. The summed E-state index contributed by atoms with van der Waals surface area (Å²) in [7, 11) is -1.04. The fourth-order valence-corrected chi connectivity index (χ4v) is 7.88. The SMILES string of the molecule is CS(=O)c1cccc(-c2ccc(/C(=C/CCN3CCCCCC3c3ccc(F)cc3)N(N)c3ccccc3CI)s2)c1. The minimum absolute atomic E-state index is 0.189. The number of benzene rings is 3. The van der Waals surface area contributed by atoms with Crippen LogP contribution in [0.4, 0.5) is 10.1 Å². The summed E-state index contributed by atoms with van der Waals surface area (Å²) >= 11 is 4.09. The second-order valence-corrected chi connectivity index (χ2v) is 13.8. The van der Waals surface area contributed by atoms with Crippen LogP contribution in [0, 0.1) is 5.82 Å². The number of hydrogen-bond acceptors (Lipinski definition) is 5. The maximum Gasteiger partial charge on any atom is 0.123 e. The maximum atomic E-state index is 13.7. The number of para-hydroxylation sites is 1. The summed E-state index contributed by atoms with van der Waals surface area (Å²) < 4.78 is 26.6. The maximum absolute atomic E-state index is 13.7. The third-order valence-electron chi connectivity index (χ3n) is 7.84. The normalized spacial score (nSPS) is 17.1. The third-order valence-corrected chi connectivity index (χ3v) is 10.7. The molecule has 0 bridgehead atoms. The van der Waals surface area contributed by atoms with E-state index in [1.165, 1.54) is 30.4 Å². The van der Waals surface area contributed by atoms with E-state index in [0.29, 0.717) is 6.04 Å². The average Bonchev–Trinajstić information content (AvgIpc) is 3.39. The predicted octanol–water partition coefficient (Wildman–Crippen LogP) is 8.96. The monoisotopic (exact) mass is 713 g/mol. The van der Waals surface area contributed by atoms with Gasteiger partial charge in [0.05, 0.1) is 16.3 Å². The summed E-state index contributed by atoms with van der Waals surface area (Å²) in [5.74, 6) is 6.73. The quantitative estimate of drug-likeness (QED) is 0.0772. The first kappa shape index (κ1) is 31.1. The van der Waals surface area contributed by atoms with Crippen molar-refractivity contribution in [2.75, 3.05) is 24.4 Å². The van der Waals surface area contributed by atoms with E-state index in [1.54, 1.807) is 29.7 Å². The molecule has 8 heteroatoms. The summed E-state index contributed by atoms with van der Waals surface area (Å²) in [6.07, 6.45) is 9.49. The Balaban J connectivity index is 1.45. The van der Waals surface area contributed by atoms with Gasteiger partial charge in [-0.05, 0) is 85.0 Å². The number of halogens is 2. The highest BCUT2D eigenvalue weighted by atomic mass is 127. The fourth-order valence-electron chi connectivity index (χ4n) is 5.63. The largest absolute Gasteiger partial charge is 0.296 e. The molecule has 2 N–H and O–H groups in total. The van der Waals surface area contributed by atoms with E-state index in [-0.39, 0.29) is 5.82 Å². The molecule has 0 spiro atoms. The molecular formula is C34H37FIN3OS2. The van der Waals surface area contributed by atoms with Gasteiger partial charge in [0.2, 0.25) is 0 Å². The average molecular weight is 714 g/mol. The Hall–Kier alpha value is -2.37. The molecule has 5 rings (SSSR count). The van der Waals surface area contributed by atoms with E-state index >= 15 is 0 Å². The standard InChI is InChI=1S/C34H37FIN3OS2/c1-42(40)29-11-7-10-26(23-29)33-19-20-34(41-33)32(39(37)31-13-5-4-9-27(31)24-36)14-8-22-38-21-6-2-3-12-30(38)25-15-17-28(35)18-16-25/h4-5,7,9-11,13-20,23,30H,2-3,6,8,12,21-22,24,37H2,1H3/b32-14-. The number of likely N-dealkylation sites (tertiary alicyclic amines) is 1. The molecule has 1 saturated heterocycles. The zero-order chi connectivity index (χ0) is 29.5. The summed E-state index contributed by atoms with van der Waals surface area (Å²) in [5.41, 5.74) is 5.41. The molecule has 0 amide bonds. The van der Waals surface area contributed by atoms with Gasteiger partial charge in [-0.2, -0.15) is 0 Å². The van der Waals surface area contributed by atoms with Crippen molar-refractivity contribution in [1.82, 2.24) is 4.90 Å². The number of hydrazine groups is 1. The van der Waals surface area contributed by atoms with E-state index < -0.39 is 10.8 Å². The highest BCUT2D eigenvalue weighted by molar-refractivity contribution is 14.1. The Labute approximate surface area is 269 Å². The van der Waals surface area contributed by atoms with Crippen molar-refractivity contribution in [1.29, 1.82) is 0 Å². The molecule has 42 heavy (non-hydrogen) atoms. The van der Waals surface area contributed by atoms with Crippen molar-refractivity contribution >= 4 is 56.1 Å². The van der Waals surface area contributed by atoms with Crippen molar-refractivity contribution in [2.45, 2.75) is 47.5 Å². The van der Waals surface area contributed by atoms with Gasteiger partial charge in [-0.3, -0.25) is 14.1 Å². The van der Waals surface area contributed by atoms with Gasteiger partial charge in [-0.25, -0.2) is 10.2 Å². The Morgan fingerprint density at radius 3 is 2.67 bits per heavy atom. The van der Waals surface area contributed by atoms with Crippen molar-refractivity contribution in [2.24, 2.45) is 5.84 Å². The lowest BCUT2D eigenvalue weighted by molar-refractivity contribution is 0.205. The Morgan fingerprint density at radius 1 is 1.07 bits per heavy atom. The Bertz CT molecular complexity index is 1540. The summed E-state index contributed by atoms with van der Waals surface area (Å²) in [6, 6.07) is 27.8. The first-order valence-corrected chi connectivity index (χ1v) is 18.3. The van der Waals surface area contributed by atoms with Crippen LogP contribution in [0.15, 0.2) is 95.9 Å². The van der Waals surface area contributed by atoms with Gasteiger partial charge >= 0.3 is 0 Å². The second kappa shape index (κ2) is 14.9.